The molecule has 5 nitrogen and oxygen atoms in total. The third kappa shape index (κ3) is 4.77. The molecule has 0 fully saturated rings. The molecule has 28 heavy (non-hydrogen) atoms. The third-order valence-corrected chi connectivity index (χ3v) is 5.04. The van der Waals surface area contributed by atoms with Crippen LogP contribution >= 0.6 is 0 Å². The van der Waals surface area contributed by atoms with Crippen molar-refractivity contribution in [2.45, 2.75) is 38.8 Å². The van der Waals surface area contributed by atoms with Crippen LogP contribution in [0.4, 0.5) is 16.2 Å². The molecule has 2 aromatic rings. The van der Waals surface area contributed by atoms with Crippen molar-refractivity contribution in [3.05, 3.63) is 59.7 Å². The molecule has 0 spiro atoms. The number of urea groups is 1. The van der Waals surface area contributed by atoms with Crippen molar-refractivity contribution in [3.63, 3.8) is 0 Å². The standard InChI is InChI=1S/C23H32N4O/c1-23(2,3)25-22(28)24-16-21(18-10-12-19(13-11-18)26(4)5)27-15-14-17-8-6-7-9-20(17)27/h6-13,21H,14-16H2,1-5H3,(H2,24,25,28)/t21-/m1/s1. The van der Waals surface area contributed by atoms with Crippen molar-refractivity contribution < 1.29 is 4.79 Å². The molecule has 0 unspecified atom stereocenters. The SMILES string of the molecule is CN(C)c1ccc([C@@H](CNC(=O)NC(C)(C)C)N2CCc3ccccc32)cc1. The fourth-order valence-corrected chi connectivity index (χ4v) is 3.66. The van der Waals surface area contributed by atoms with Crippen molar-refractivity contribution >= 4 is 17.4 Å². The average molecular weight is 381 g/mol. The molecule has 3 rings (SSSR count). The number of nitrogens with one attached hydrogen (secondary N) is 2. The summed E-state index contributed by atoms with van der Waals surface area (Å²) < 4.78 is 0. The monoisotopic (exact) mass is 380 g/mol. The van der Waals surface area contributed by atoms with E-state index in [0.29, 0.717) is 6.54 Å². The summed E-state index contributed by atoms with van der Waals surface area (Å²) in [4.78, 5) is 16.9. The van der Waals surface area contributed by atoms with E-state index in [9.17, 15) is 4.79 Å². The van der Waals surface area contributed by atoms with E-state index in [1.54, 1.807) is 0 Å². The number of amides is 2. The first-order valence-corrected chi connectivity index (χ1v) is 9.92. The molecule has 1 atom stereocenters. The lowest BCUT2D eigenvalue weighted by molar-refractivity contribution is 0.231. The summed E-state index contributed by atoms with van der Waals surface area (Å²) in [5, 5.41) is 6.07. The van der Waals surface area contributed by atoms with Gasteiger partial charge in [-0.1, -0.05) is 30.3 Å². The Morgan fingerprint density at radius 1 is 1.11 bits per heavy atom. The number of carbonyl (C=O) groups is 1. The quantitative estimate of drug-likeness (QED) is 0.826. The highest BCUT2D eigenvalue weighted by Crippen LogP contribution is 2.35. The van der Waals surface area contributed by atoms with Gasteiger partial charge in [-0.25, -0.2) is 4.79 Å². The summed E-state index contributed by atoms with van der Waals surface area (Å²) in [5.74, 6) is 0. The molecule has 0 saturated heterocycles. The number of fused-ring (bicyclic) bond motifs is 1. The van der Waals surface area contributed by atoms with Crippen molar-refractivity contribution in [2.75, 3.05) is 37.0 Å². The van der Waals surface area contributed by atoms with Gasteiger partial charge in [0.15, 0.2) is 0 Å². The van der Waals surface area contributed by atoms with Crippen LogP contribution in [0.1, 0.15) is 37.9 Å². The molecule has 0 radical (unpaired) electrons. The highest BCUT2D eigenvalue weighted by molar-refractivity contribution is 5.75. The van der Waals surface area contributed by atoms with E-state index < -0.39 is 0 Å². The zero-order valence-corrected chi connectivity index (χ0v) is 17.6. The zero-order valence-electron chi connectivity index (χ0n) is 17.6. The molecular formula is C23H32N4O. The van der Waals surface area contributed by atoms with Gasteiger partial charge in [-0.05, 0) is 56.5 Å². The van der Waals surface area contributed by atoms with Crippen LogP contribution in [-0.2, 0) is 6.42 Å². The van der Waals surface area contributed by atoms with Gasteiger partial charge in [0.05, 0.1) is 6.04 Å². The molecule has 1 aliphatic heterocycles. The van der Waals surface area contributed by atoms with E-state index in [1.165, 1.54) is 22.5 Å². The van der Waals surface area contributed by atoms with Gasteiger partial charge in [0.1, 0.15) is 0 Å². The number of carbonyl (C=O) groups excluding carboxylic acids is 1. The Morgan fingerprint density at radius 3 is 2.43 bits per heavy atom. The summed E-state index contributed by atoms with van der Waals surface area (Å²) in [6, 6.07) is 17.1. The van der Waals surface area contributed by atoms with E-state index in [-0.39, 0.29) is 17.6 Å². The lowest BCUT2D eigenvalue weighted by Gasteiger charge is -2.32. The van der Waals surface area contributed by atoms with Gasteiger partial charge in [0.2, 0.25) is 0 Å². The van der Waals surface area contributed by atoms with Gasteiger partial charge >= 0.3 is 6.03 Å². The summed E-state index contributed by atoms with van der Waals surface area (Å²) in [6.45, 7) is 7.47. The first-order chi connectivity index (χ1) is 13.2. The maximum Gasteiger partial charge on any atom is 0.315 e. The Hall–Kier alpha value is -2.69. The molecule has 1 aliphatic rings. The Balaban J connectivity index is 1.83. The minimum absolute atomic E-state index is 0.0885. The molecule has 0 bridgehead atoms. The first kappa shape index (κ1) is 20.1. The first-order valence-electron chi connectivity index (χ1n) is 9.92. The van der Waals surface area contributed by atoms with Gasteiger partial charge < -0.3 is 20.4 Å². The summed E-state index contributed by atoms with van der Waals surface area (Å²) in [7, 11) is 4.09. The van der Waals surface area contributed by atoms with Crippen LogP contribution in [0.25, 0.3) is 0 Å². The fraction of sp³-hybridized carbons (Fsp3) is 0.435. The molecule has 5 heteroatoms. The van der Waals surface area contributed by atoms with Crippen molar-refractivity contribution in [1.29, 1.82) is 0 Å². The van der Waals surface area contributed by atoms with Gasteiger partial charge in [0.25, 0.3) is 0 Å². The van der Waals surface area contributed by atoms with E-state index in [4.69, 9.17) is 0 Å². The number of hydrogen-bond donors (Lipinski definition) is 2. The fourth-order valence-electron chi connectivity index (χ4n) is 3.66. The molecule has 2 aromatic carbocycles. The molecule has 1 heterocycles. The lowest BCUT2D eigenvalue weighted by Crippen LogP contribution is -2.48. The maximum absolute atomic E-state index is 12.4. The Bertz CT molecular complexity index is 808. The molecule has 2 amide bonds. The molecular weight excluding hydrogens is 348 g/mol. The van der Waals surface area contributed by atoms with Crippen LogP contribution in [-0.4, -0.2) is 38.8 Å². The predicted molar refractivity (Wildman–Crippen MR) is 117 cm³/mol. The number of rotatable bonds is 5. The minimum Gasteiger partial charge on any atom is -0.378 e. The van der Waals surface area contributed by atoms with E-state index in [1.807, 2.05) is 34.9 Å². The van der Waals surface area contributed by atoms with Crippen LogP contribution in [0.3, 0.4) is 0 Å². The predicted octanol–water partition coefficient (Wildman–Crippen LogP) is 3.95. The Labute approximate surface area is 168 Å². The number of para-hydroxylation sites is 1. The minimum atomic E-state index is -0.257. The van der Waals surface area contributed by atoms with Crippen LogP contribution in [0.5, 0.6) is 0 Å². The Morgan fingerprint density at radius 2 is 1.79 bits per heavy atom. The number of nitrogens with zero attached hydrogens (tertiary/aromatic N) is 2. The van der Waals surface area contributed by atoms with Crippen LogP contribution in [0, 0.1) is 0 Å². The number of hydrogen-bond acceptors (Lipinski definition) is 3. The summed E-state index contributed by atoms with van der Waals surface area (Å²) in [5.41, 5.74) is 4.76. The summed E-state index contributed by atoms with van der Waals surface area (Å²) in [6.07, 6.45) is 1.04. The second-order valence-corrected chi connectivity index (χ2v) is 8.66. The molecule has 0 aliphatic carbocycles. The van der Waals surface area contributed by atoms with E-state index >= 15 is 0 Å². The summed E-state index contributed by atoms with van der Waals surface area (Å²) >= 11 is 0. The second-order valence-electron chi connectivity index (χ2n) is 8.66. The molecule has 150 valence electrons. The van der Waals surface area contributed by atoms with Gasteiger partial charge in [-0.3, -0.25) is 0 Å². The van der Waals surface area contributed by atoms with Crippen LogP contribution < -0.4 is 20.4 Å². The van der Waals surface area contributed by atoms with Crippen LogP contribution in [0.2, 0.25) is 0 Å². The Kier molecular flexibility index (Phi) is 5.82. The largest absolute Gasteiger partial charge is 0.378 e. The van der Waals surface area contributed by atoms with Crippen LogP contribution in [0.15, 0.2) is 48.5 Å². The van der Waals surface area contributed by atoms with E-state index in [0.717, 1.165) is 13.0 Å². The smallest absolute Gasteiger partial charge is 0.315 e. The highest BCUT2D eigenvalue weighted by Gasteiger charge is 2.27. The third-order valence-electron chi connectivity index (χ3n) is 5.04. The second kappa shape index (κ2) is 8.13. The average Bonchev–Trinajstić information content (AvgIpc) is 3.05. The van der Waals surface area contributed by atoms with Gasteiger partial charge in [-0.15, -0.1) is 0 Å². The molecule has 0 saturated carbocycles. The van der Waals surface area contributed by atoms with Crippen molar-refractivity contribution in [1.82, 2.24) is 10.6 Å². The van der Waals surface area contributed by atoms with Crippen molar-refractivity contribution in [3.8, 4) is 0 Å². The van der Waals surface area contributed by atoms with Gasteiger partial charge in [-0.2, -0.15) is 0 Å². The lowest BCUT2D eigenvalue weighted by atomic mass is 10.0. The number of benzene rings is 2. The topological polar surface area (TPSA) is 47.6 Å². The molecule has 0 aromatic heterocycles. The maximum atomic E-state index is 12.4. The van der Waals surface area contributed by atoms with Gasteiger partial charge in [0, 0.05) is 44.1 Å². The van der Waals surface area contributed by atoms with Crippen molar-refractivity contribution in [2.24, 2.45) is 0 Å². The normalized spacial score (nSPS) is 14.4. The number of anilines is 2. The zero-order chi connectivity index (χ0) is 20.3. The highest BCUT2D eigenvalue weighted by atomic mass is 16.2. The molecule has 2 N–H and O–H groups in total. The van der Waals surface area contributed by atoms with E-state index in [2.05, 4.69) is 69.0 Å².